The van der Waals surface area contributed by atoms with E-state index in [2.05, 4.69) is 4.98 Å². The molecule has 18 heavy (non-hydrogen) atoms. The molecule has 5 N–H and O–H groups in total. The van der Waals surface area contributed by atoms with Gasteiger partial charge in [0.25, 0.3) is 0 Å². The van der Waals surface area contributed by atoms with Gasteiger partial charge < -0.3 is 16.1 Å². The Morgan fingerprint density at radius 1 is 1.17 bits per heavy atom. The Hall–Kier alpha value is -1.40. The fourth-order valence-corrected chi connectivity index (χ4v) is 1.41. The Kier molecular flexibility index (Phi) is 11.7. The van der Waals surface area contributed by atoms with E-state index in [1.54, 1.807) is 12.3 Å². The fourth-order valence-electron chi connectivity index (χ4n) is 1.41. The lowest BCUT2D eigenvalue weighted by Crippen LogP contribution is -1.99. The largest absolute Gasteiger partial charge is 0.481 e. The minimum absolute atomic E-state index is 0. The first-order chi connectivity index (χ1) is 6.75. The van der Waals surface area contributed by atoms with Crippen LogP contribution in [0.4, 0.5) is 0 Å². The maximum atomic E-state index is 10.5. The number of hydrogen-bond acceptors (Lipinski definition) is 2. The molecule has 1 aromatic heterocycles. The van der Waals surface area contributed by atoms with E-state index in [9.17, 15) is 4.79 Å². The minimum atomic E-state index is -0.812. The van der Waals surface area contributed by atoms with Crippen LogP contribution in [0.15, 0.2) is 36.5 Å². The van der Waals surface area contributed by atoms with E-state index in [1.807, 2.05) is 24.3 Å². The number of halogens is 2. The van der Waals surface area contributed by atoms with Crippen LogP contribution in [0.5, 0.6) is 0 Å². The predicted octanol–water partition coefficient (Wildman–Crippen LogP) is 1.06. The van der Waals surface area contributed by atoms with Gasteiger partial charge in [-0.15, -0.1) is 24.8 Å². The fraction of sp³-hybridized carbons (Fsp3) is 0.0909. The zero-order chi connectivity index (χ0) is 9.97. The summed E-state index contributed by atoms with van der Waals surface area (Å²) in [4.78, 5) is 14.6. The second kappa shape index (κ2) is 9.61. The normalized spacial score (nSPS) is 8.00. The molecule has 0 amide bonds. The molecule has 0 aliphatic carbocycles. The highest BCUT2D eigenvalue weighted by molar-refractivity contribution is 5.85. The van der Waals surface area contributed by atoms with Gasteiger partial charge in [-0.25, -0.2) is 0 Å². The van der Waals surface area contributed by atoms with E-state index in [-0.39, 0.29) is 42.2 Å². The maximum Gasteiger partial charge on any atom is 0.307 e. The van der Waals surface area contributed by atoms with Crippen LogP contribution < -0.4 is 0 Å². The van der Waals surface area contributed by atoms with Crippen molar-refractivity contribution in [1.29, 1.82) is 0 Å². The molecule has 0 fully saturated rings. The van der Waals surface area contributed by atoms with Crippen LogP contribution in [0.25, 0.3) is 10.9 Å². The summed E-state index contributed by atoms with van der Waals surface area (Å²) < 4.78 is 0. The number of hydrogen-bond donors (Lipinski definition) is 1. The van der Waals surface area contributed by atoms with Crippen molar-refractivity contribution in [3.05, 3.63) is 42.1 Å². The first-order valence-electron chi connectivity index (χ1n) is 4.31. The van der Waals surface area contributed by atoms with Gasteiger partial charge in [-0.3, -0.25) is 9.78 Å². The number of carbonyl (C=O) groups is 1. The molecule has 0 unspecified atom stereocenters. The zero-order valence-corrected chi connectivity index (χ0v) is 10.9. The summed E-state index contributed by atoms with van der Waals surface area (Å²) in [6.45, 7) is 0. The molecule has 0 spiro atoms. The van der Waals surface area contributed by atoms with Gasteiger partial charge in [0.05, 0.1) is 11.9 Å². The molecule has 0 aliphatic rings. The molecule has 0 bridgehead atoms. The Morgan fingerprint density at radius 3 is 2.44 bits per heavy atom. The Bertz CT molecular complexity index is 493. The molecule has 2 rings (SSSR count). The molecule has 0 aliphatic heterocycles. The van der Waals surface area contributed by atoms with Crippen LogP contribution in [0.1, 0.15) is 5.56 Å². The van der Waals surface area contributed by atoms with Crippen LogP contribution in [0.2, 0.25) is 0 Å². The number of fused-ring (bicyclic) bond motifs is 1. The molecule has 0 saturated carbocycles. The van der Waals surface area contributed by atoms with Crippen LogP contribution in [-0.2, 0) is 11.2 Å². The summed E-state index contributed by atoms with van der Waals surface area (Å²) in [5.74, 6) is -0.812. The summed E-state index contributed by atoms with van der Waals surface area (Å²) in [5, 5.41) is 9.60. The Labute approximate surface area is 116 Å². The summed E-state index contributed by atoms with van der Waals surface area (Å²) in [6.07, 6.45) is 1.78. The number of aromatic nitrogens is 1. The van der Waals surface area contributed by atoms with Crippen molar-refractivity contribution >= 4 is 41.7 Å². The van der Waals surface area contributed by atoms with Gasteiger partial charge in [0.2, 0.25) is 0 Å². The molecular formula is C11H15Cl2NO4. The molecule has 0 atom stereocenters. The van der Waals surface area contributed by atoms with Crippen molar-refractivity contribution in [2.75, 3.05) is 0 Å². The van der Waals surface area contributed by atoms with Crippen molar-refractivity contribution in [3.63, 3.8) is 0 Å². The molecule has 5 nitrogen and oxygen atoms in total. The van der Waals surface area contributed by atoms with Crippen LogP contribution in [-0.4, -0.2) is 27.0 Å². The van der Waals surface area contributed by atoms with E-state index in [0.29, 0.717) is 0 Å². The predicted molar refractivity (Wildman–Crippen MR) is 74.8 cm³/mol. The Balaban J connectivity index is -0.000000562. The number of pyridine rings is 1. The summed E-state index contributed by atoms with van der Waals surface area (Å²) in [7, 11) is 0. The average molecular weight is 296 g/mol. The molecule has 2 aromatic rings. The van der Waals surface area contributed by atoms with E-state index >= 15 is 0 Å². The van der Waals surface area contributed by atoms with Crippen LogP contribution in [0.3, 0.4) is 0 Å². The van der Waals surface area contributed by atoms with Gasteiger partial charge in [0.1, 0.15) is 0 Å². The highest BCUT2D eigenvalue weighted by Gasteiger charge is 2.01. The molecule has 1 heterocycles. The van der Waals surface area contributed by atoms with Crippen LogP contribution >= 0.6 is 24.8 Å². The summed E-state index contributed by atoms with van der Waals surface area (Å²) >= 11 is 0. The number of carboxylic acids is 1. The van der Waals surface area contributed by atoms with Crippen molar-refractivity contribution in [1.82, 2.24) is 4.98 Å². The molecular weight excluding hydrogens is 281 g/mol. The quantitative estimate of drug-likeness (QED) is 0.893. The van der Waals surface area contributed by atoms with E-state index in [0.717, 1.165) is 16.5 Å². The third kappa shape index (κ3) is 5.29. The smallest absolute Gasteiger partial charge is 0.307 e. The van der Waals surface area contributed by atoms with Crippen molar-refractivity contribution in [2.24, 2.45) is 0 Å². The zero-order valence-electron chi connectivity index (χ0n) is 9.29. The monoisotopic (exact) mass is 295 g/mol. The van der Waals surface area contributed by atoms with Crippen LogP contribution in [0, 0.1) is 0 Å². The second-order valence-corrected chi connectivity index (χ2v) is 3.10. The summed E-state index contributed by atoms with van der Waals surface area (Å²) in [6, 6.07) is 9.26. The lowest BCUT2D eigenvalue weighted by molar-refractivity contribution is -0.136. The third-order valence-corrected chi connectivity index (χ3v) is 2.02. The first-order valence-corrected chi connectivity index (χ1v) is 4.31. The topological polar surface area (TPSA) is 113 Å². The van der Waals surface area contributed by atoms with Gasteiger partial charge in [-0.2, -0.15) is 0 Å². The van der Waals surface area contributed by atoms with E-state index in [1.165, 1.54) is 0 Å². The van der Waals surface area contributed by atoms with Gasteiger partial charge >= 0.3 is 5.97 Å². The van der Waals surface area contributed by atoms with Gasteiger partial charge in [0, 0.05) is 11.6 Å². The van der Waals surface area contributed by atoms with E-state index in [4.69, 9.17) is 5.11 Å². The third-order valence-electron chi connectivity index (χ3n) is 2.02. The standard InChI is InChI=1S/C11H9NO2.2ClH.2H2O/c13-11(14)7-8-3-4-10-9(6-8)2-1-5-12-10;;;;/h1-6H,7H2,(H,13,14);2*1H;2*1H2. The van der Waals surface area contributed by atoms with Gasteiger partial charge in [0.15, 0.2) is 0 Å². The van der Waals surface area contributed by atoms with Gasteiger partial charge in [-0.05, 0) is 23.8 Å². The molecule has 1 aromatic carbocycles. The van der Waals surface area contributed by atoms with Crippen molar-refractivity contribution in [2.45, 2.75) is 6.42 Å². The average Bonchev–Trinajstić information content (AvgIpc) is 2.17. The first kappa shape index (κ1) is 21.8. The number of carboxylic acid groups (broad SMARTS) is 1. The van der Waals surface area contributed by atoms with Crippen molar-refractivity contribution < 1.29 is 20.9 Å². The highest BCUT2D eigenvalue weighted by Crippen LogP contribution is 2.13. The Morgan fingerprint density at radius 2 is 1.83 bits per heavy atom. The lowest BCUT2D eigenvalue weighted by atomic mass is 10.1. The molecule has 0 radical (unpaired) electrons. The van der Waals surface area contributed by atoms with E-state index < -0.39 is 5.97 Å². The minimum Gasteiger partial charge on any atom is -0.481 e. The maximum absolute atomic E-state index is 10.5. The number of rotatable bonds is 2. The molecule has 0 saturated heterocycles. The SMILES string of the molecule is Cl.Cl.O.O.O=C(O)Cc1ccc2ncccc2c1. The number of aliphatic carboxylic acids is 1. The highest BCUT2D eigenvalue weighted by atomic mass is 35.5. The van der Waals surface area contributed by atoms with Crippen molar-refractivity contribution in [3.8, 4) is 0 Å². The number of nitrogens with zero attached hydrogens (tertiary/aromatic N) is 1. The summed E-state index contributed by atoms with van der Waals surface area (Å²) in [5.41, 5.74) is 1.69. The molecule has 7 heteroatoms. The molecule has 102 valence electrons. The second-order valence-electron chi connectivity index (χ2n) is 3.10. The van der Waals surface area contributed by atoms with Gasteiger partial charge in [-0.1, -0.05) is 12.1 Å². The number of benzene rings is 1. The lowest BCUT2D eigenvalue weighted by Gasteiger charge is -1.99.